The van der Waals surface area contributed by atoms with Crippen molar-refractivity contribution in [3.63, 3.8) is 0 Å². The number of nitrogens with one attached hydrogen (secondary N) is 3. The molecular formula is C21H34F2IN5O2. The van der Waals surface area contributed by atoms with Gasteiger partial charge in [0.05, 0.1) is 6.54 Å². The van der Waals surface area contributed by atoms with Crippen molar-refractivity contribution in [3.05, 3.63) is 24.3 Å². The van der Waals surface area contributed by atoms with Crippen LogP contribution in [0.15, 0.2) is 29.3 Å². The summed E-state index contributed by atoms with van der Waals surface area (Å²) in [5.74, 6) is 0.871. The van der Waals surface area contributed by atoms with E-state index in [9.17, 15) is 13.6 Å². The molecule has 0 bridgehead atoms. The van der Waals surface area contributed by atoms with E-state index in [1.54, 1.807) is 24.3 Å². The Kier molecular flexibility index (Phi) is 12.5. The third-order valence-electron chi connectivity index (χ3n) is 4.74. The summed E-state index contributed by atoms with van der Waals surface area (Å²) in [6, 6.07) is 6.94. The maximum atomic E-state index is 12.3. The van der Waals surface area contributed by atoms with Crippen LogP contribution in [-0.2, 0) is 4.79 Å². The molecule has 10 heteroatoms. The van der Waals surface area contributed by atoms with Gasteiger partial charge in [-0.1, -0.05) is 13.8 Å². The smallest absolute Gasteiger partial charge is 0.387 e. The summed E-state index contributed by atoms with van der Waals surface area (Å²) in [5.41, 5.74) is 0.974. The molecule has 1 aromatic rings. The van der Waals surface area contributed by atoms with Crippen molar-refractivity contribution in [2.45, 2.75) is 46.3 Å². The highest BCUT2D eigenvalue weighted by Crippen LogP contribution is 2.23. The van der Waals surface area contributed by atoms with Crippen LogP contribution < -0.4 is 25.6 Å². The fourth-order valence-electron chi connectivity index (χ4n) is 3.23. The van der Waals surface area contributed by atoms with Crippen LogP contribution in [0, 0.1) is 5.92 Å². The Hall–Kier alpha value is -1.85. The number of carbonyl (C=O) groups excluding carboxylic acids is 1. The Bertz CT molecular complexity index is 689. The quantitative estimate of drug-likeness (QED) is 0.190. The first-order valence-electron chi connectivity index (χ1n) is 10.5. The second-order valence-electron chi connectivity index (χ2n) is 7.51. The number of alkyl halides is 2. The van der Waals surface area contributed by atoms with Gasteiger partial charge in [-0.3, -0.25) is 9.79 Å². The predicted molar refractivity (Wildman–Crippen MR) is 131 cm³/mol. The molecule has 1 saturated heterocycles. The Labute approximate surface area is 200 Å². The number of benzene rings is 1. The van der Waals surface area contributed by atoms with Gasteiger partial charge in [-0.05, 0) is 44.0 Å². The fraction of sp³-hybridized carbons (Fsp3) is 0.619. The Morgan fingerprint density at radius 1 is 1.26 bits per heavy atom. The third-order valence-corrected chi connectivity index (χ3v) is 4.74. The first kappa shape index (κ1) is 27.2. The monoisotopic (exact) mass is 553 g/mol. The third kappa shape index (κ3) is 9.88. The van der Waals surface area contributed by atoms with Crippen molar-refractivity contribution >= 4 is 41.5 Å². The molecular weight excluding hydrogens is 519 g/mol. The minimum Gasteiger partial charge on any atom is -0.435 e. The number of piperidine rings is 1. The molecule has 1 atom stereocenters. The Balaban J connectivity index is 0.00000480. The average Bonchev–Trinajstić information content (AvgIpc) is 2.71. The second-order valence-corrected chi connectivity index (χ2v) is 7.51. The van der Waals surface area contributed by atoms with Crippen molar-refractivity contribution < 1.29 is 18.3 Å². The van der Waals surface area contributed by atoms with Gasteiger partial charge in [0.2, 0.25) is 5.91 Å². The first-order chi connectivity index (χ1) is 14.4. The zero-order chi connectivity index (χ0) is 21.9. The van der Waals surface area contributed by atoms with E-state index in [0.717, 1.165) is 44.1 Å². The number of aliphatic imine (C=N–C) groups is 1. The maximum Gasteiger partial charge on any atom is 0.387 e. The molecule has 1 heterocycles. The fourth-order valence-corrected chi connectivity index (χ4v) is 3.23. The molecule has 1 fully saturated rings. The molecule has 0 spiro atoms. The van der Waals surface area contributed by atoms with Crippen molar-refractivity contribution in [3.8, 4) is 5.75 Å². The van der Waals surface area contributed by atoms with Crippen LogP contribution in [0.2, 0.25) is 0 Å². The van der Waals surface area contributed by atoms with Gasteiger partial charge >= 0.3 is 6.61 Å². The summed E-state index contributed by atoms with van der Waals surface area (Å²) < 4.78 is 29.1. The van der Waals surface area contributed by atoms with E-state index in [4.69, 9.17) is 0 Å². The van der Waals surface area contributed by atoms with E-state index in [1.807, 2.05) is 20.8 Å². The summed E-state index contributed by atoms with van der Waals surface area (Å²) in [5, 5.41) is 9.57. The molecule has 2 rings (SSSR count). The van der Waals surface area contributed by atoms with E-state index < -0.39 is 6.61 Å². The normalized spacial score (nSPS) is 16.7. The highest BCUT2D eigenvalue weighted by atomic mass is 127. The lowest BCUT2D eigenvalue weighted by molar-refractivity contribution is -0.123. The van der Waals surface area contributed by atoms with E-state index >= 15 is 0 Å². The van der Waals surface area contributed by atoms with Crippen LogP contribution in [0.4, 0.5) is 14.5 Å². The highest BCUT2D eigenvalue weighted by Gasteiger charge is 2.21. The van der Waals surface area contributed by atoms with Gasteiger partial charge in [-0.15, -0.1) is 24.0 Å². The summed E-state index contributed by atoms with van der Waals surface area (Å²) >= 11 is 0. The van der Waals surface area contributed by atoms with Gasteiger partial charge in [0.1, 0.15) is 5.75 Å². The van der Waals surface area contributed by atoms with Crippen molar-refractivity contribution in [2.24, 2.45) is 10.9 Å². The van der Waals surface area contributed by atoms with Gasteiger partial charge in [-0.2, -0.15) is 8.78 Å². The molecule has 1 amide bonds. The van der Waals surface area contributed by atoms with Gasteiger partial charge in [-0.25, -0.2) is 0 Å². The number of anilines is 1. The molecule has 1 aliphatic rings. The lowest BCUT2D eigenvalue weighted by Crippen LogP contribution is -2.51. The summed E-state index contributed by atoms with van der Waals surface area (Å²) in [4.78, 5) is 18.4. The number of hydrogen-bond donors (Lipinski definition) is 3. The van der Waals surface area contributed by atoms with Crippen LogP contribution in [0.5, 0.6) is 5.75 Å². The number of guanidine groups is 1. The van der Waals surface area contributed by atoms with E-state index in [-0.39, 0.29) is 47.6 Å². The summed E-state index contributed by atoms with van der Waals surface area (Å²) in [6.07, 6.45) is 2.02. The van der Waals surface area contributed by atoms with Crippen molar-refractivity contribution in [1.29, 1.82) is 0 Å². The van der Waals surface area contributed by atoms with Gasteiger partial charge < -0.3 is 25.6 Å². The summed E-state index contributed by atoms with van der Waals surface area (Å²) in [6.45, 7) is 6.33. The molecule has 0 aliphatic carbocycles. The second kappa shape index (κ2) is 14.3. The van der Waals surface area contributed by atoms with Crippen LogP contribution in [0.1, 0.15) is 33.6 Å². The zero-order valence-electron chi connectivity index (χ0n) is 18.4. The summed E-state index contributed by atoms with van der Waals surface area (Å²) in [7, 11) is 0. The molecule has 0 aromatic heterocycles. The molecule has 1 aliphatic heterocycles. The van der Waals surface area contributed by atoms with E-state index in [2.05, 4.69) is 30.6 Å². The number of amides is 1. The van der Waals surface area contributed by atoms with Crippen LogP contribution in [0.25, 0.3) is 0 Å². The lowest BCUT2D eigenvalue weighted by Gasteiger charge is -2.35. The van der Waals surface area contributed by atoms with Crippen LogP contribution in [-0.4, -0.2) is 57.2 Å². The Morgan fingerprint density at radius 3 is 2.58 bits per heavy atom. The van der Waals surface area contributed by atoms with Crippen LogP contribution >= 0.6 is 24.0 Å². The molecule has 0 radical (unpaired) electrons. The highest BCUT2D eigenvalue weighted by molar-refractivity contribution is 14.0. The molecule has 31 heavy (non-hydrogen) atoms. The molecule has 176 valence electrons. The topological polar surface area (TPSA) is 78.0 Å². The van der Waals surface area contributed by atoms with Crippen molar-refractivity contribution in [1.82, 2.24) is 16.0 Å². The number of carbonyl (C=O) groups is 1. The molecule has 0 saturated carbocycles. The molecule has 7 nitrogen and oxygen atoms in total. The minimum atomic E-state index is -2.82. The number of ether oxygens (including phenoxy) is 1. The molecule has 1 unspecified atom stereocenters. The van der Waals surface area contributed by atoms with E-state index in [0.29, 0.717) is 13.1 Å². The molecule has 1 aromatic carbocycles. The zero-order valence-corrected chi connectivity index (χ0v) is 20.7. The number of rotatable bonds is 9. The number of hydrogen-bond acceptors (Lipinski definition) is 4. The van der Waals surface area contributed by atoms with E-state index in [1.165, 1.54) is 0 Å². The average molecular weight is 553 g/mol. The SMILES string of the molecule is CCNC(=NCCNC(=O)C(C)C)NC1CCCN(c2ccc(OC(F)F)cc2)C1.I. The molecule has 3 N–H and O–H groups in total. The largest absolute Gasteiger partial charge is 0.435 e. The standard InChI is InChI=1S/C21H33F2N5O2.HI/c1-4-24-21(26-12-11-25-19(29)15(2)3)27-16-6-5-13-28(14-16)17-7-9-18(10-8-17)30-20(22)23;/h7-10,15-16,20H,4-6,11-14H2,1-3H3,(H,25,29)(H2,24,26,27);1H. The maximum absolute atomic E-state index is 12.3. The van der Waals surface area contributed by atoms with Gasteiger partial charge in [0.25, 0.3) is 0 Å². The lowest BCUT2D eigenvalue weighted by atomic mass is 10.0. The number of halogens is 3. The predicted octanol–water partition coefficient (Wildman–Crippen LogP) is 3.20. The Morgan fingerprint density at radius 2 is 1.97 bits per heavy atom. The van der Waals surface area contributed by atoms with Gasteiger partial charge in [0.15, 0.2) is 5.96 Å². The van der Waals surface area contributed by atoms with Crippen LogP contribution in [0.3, 0.4) is 0 Å². The van der Waals surface area contributed by atoms with Gasteiger partial charge in [0, 0.05) is 43.8 Å². The van der Waals surface area contributed by atoms with Crippen molar-refractivity contribution in [2.75, 3.05) is 37.6 Å². The number of nitrogens with zero attached hydrogens (tertiary/aromatic N) is 2. The first-order valence-corrected chi connectivity index (χ1v) is 10.5. The minimum absolute atomic E-state index is 0.